The summed E-state index contributed by atoms with van der Waals surface area (Å²) in [6, 6.07) is 9.44. The van der Waals surface area contributed by atoms with E-state index in [1.807, 2.05) is 13.8 Å². The lowest BCUT2D eigenvalue weighted by molar-refractivity contribution is -0.111. The van der Waals surface area contributed by atoms with Crippen LogP contribution in [0.25, 0.3) is 6.08 Å². The lowest BCUT2D eigenvalue weighted by Crippen LogP contribution is -2.22. The molecule has 0 atom stereocenters. The second kappa shape index (κ2) is 10.6. The fourth-order valence-corrected chi connectivity index (χ4v) is 4.96. The van der Waals surface area contributed by atoms with Crippen LogP contribution in [0.1, 0.15) is 39.0 Å². The minimum absolute atomic E-state index is 0.0482. The number of esters is 1. The molecule has 10 heteroatoms. The average Bonchev–Trinajstić information content (AvgIpc) is 3.39. The van der Waals surface area contributed by atoms with Crippen LogP contribution in [-0.2, 0) is 26.1 Å². The van der Waals surface area contributed by atoms with Crippen LogP contribution in [0.2, 0.25) is 0 Å². The van der Waals surface area contributed by atoms with E-state index >= 15 is 0 Å². The number of rotatable bonds is 9. The number of furan rings is 1. The number of carbonyl (C=O) groups is 2. The van der Waals surface area contributed by atoms with Gasteiger partial charge in [-0.1, -0.05) is 12.1 Å². The van der Waals surface area contributed by atoms with Crippen LogP contribution < -0.4 is 10.0 Å². The molecule has 2 aromatic heterocycles. The van der Waals surface area contributed by atoms with E-state index in [4.69, 9.17) is 9.15 Å². The Hall–Kier alpha value is -3.21. The monoisotopic (exact) mass is 488 g/mol. The molecular formula is C23H24N2O6S2. The van der Waals surface area contributed by atoms with Crippen LogP contribution in [0.4, 0.5) is 5.00 Å². The largest absolute Gasteiger partial charge is 0.468 e. The maximum Gasteiger partial charge on any atom is 0.341 e. The molecule has 3 rings (SSSR count). The first-order valence-corrected chi connectivity index (χ1v) is 12.4. The van der Waals surface area contributed by atoms with E-state index in [1.165, 1.54) is 35.8 Å². The van der Waals surface area contributed by atoms with Crippen LogP contribution in [0.15, 0.2) is 58.1 Å². The summed E-state index contributed by atoms with van der Waals surface area (Å²) in [5.74, 6) is -0.388. The highest BCUT2D eigenvalue weighted by molar-refractivity contribution is 7.89. The van der Waals surface area contributed by atoms with E-state index in [9.17, 15) is 18.0 Å². The van der Waals surface area contributed by atoms with Crippen LogP contribution >= 0.6 is 11.3 Å². The average molecular weight is 489 g/mol. The van der Waals surface area contributed by atoms with Crippen LogP contribution in [0.3, 0.4) is 0 Å². The highest BCUT2D eigenvalue weighted by Crippen LogP contribution is 2.33. The summed E-state index contributed by atoms with van der Waals surface area (Å²) in [4.78, 5) is 25.7. The highest BCUT2D eigenvalue weighted by Gasteiger charge is 2.21. The van der Waals surface area contributed by atoms with E-state index in [0.29, 0.717) is 21.9 Å². The van der Waals surface area contributed by atoms with Crippen molar-refractivity contribution in [2.45, 2.75) is 32.2 Å². The molecule has 0 saturated heterocycles. The second-order valence-corrected chi connectivity index (χ2v) is 10.00. The van der Waals surface area contributed by atoms with Crippen molar-refractivity contribution >= 4 is 44.3 Å². The number of amides is 1. The number of hydrogen-bond acceptors (Lipinski definition) is 7. The molecule has 0 bridgehead atoms. The van der Waals surface area contributed by atoms with Gasteiger partial charge >= 0.3 is 5.97 Å². The summed E-state index contributed by atoms with van der Waals surface area (Å²) in [6.45, 7) is 5.69. The van der Waals surface area contributed by atoms with Gasteiger partial charge in [-0.2, -0.15) is 0 Å². The van der Waals surface area contributed by atoms with Crippen molar-refractivity contribution in [3.8, 4) is 0 Å². The number of benzene rings is 1. The predicted molar refractivity (Wildman–Crippen MR) is 127 cm³/mol. The van der Waals surface area contributed by atoms with E-state index in [0.717, 1.165) is 10.4 Å². The van der Waals surface area contributed by atoms with Gasteiger partial charge in [-0.25, -0.2) is 17.9 Å². The van der Waals surface area contributed by atoms with E-state index < -0.39 is 21.9 Å². The standard InChI is InChI=1S/C23H24N2O6S2/c1-4-30-23(27)21-15(2)16(3)32-22(21)25-20(26)12-9-17-7-10-19(11-8-17)33(28,29)24-14-18-6-5-13-31-18/h5-13,24H,4,14H2,1-3H3,(H,25,26)/b12-9+. The van der Waals surface area contributed by atoms with Crippen LogP contribution in [-0.4, -0.2) is 26.9 Å². The van der Waals surface area contributed by atoms with Gasteiger partial charge in [-0.15, -0.1) is 11.3 Å². The molecule has 33 heavy (non-hydrogen) atoms. The number of ether oxygens (including phenoxy) is 1. The molecule has 0 saturated carbocycles. The number of nitrogens with one attached hydrogen (secondary N) is 2. The maximum absolute atomic E-state index is 12.4. The summed E-state index contributed by atoms with van der Waals surface area (Å²) in [5.41, 5.74) is 1.77. The maximum atomic E-state index is 12.4. The van der Waals surface area contributed by atoms with Crippen molar-refractivity contribution in [3.63, 3.8) is 0 Å². The van der Waals surface area contributed by atoms with Crippen molar-refractivity contribution in [1.29, 1.82) is 0 Å². The molecule has 1 amide bonds. The molecule has 0 fully saturated rings. The Bertz CT molecular complexity index is 1260. The van der Waals surface area contributed by atoms with Gasteiger partial charge in [-0.3, -0.25) is 4.79 Å². The smallest absolute Gasteiger partial charge is 0.341 e. The molecule has 2 heterocycles. The fourth-order valence-electron chi connectivity index (χ4n) is 2.91. The Morgan fingerprint density at radius 3 is 2.52 bits per heavy atom. The molecule has 0 unspecified atom stereocenters. The molecule has 0 aliphatic heterocycles. The number of hydrogen-bond donors (Lipinski definition) is 2. The van der Waals surface area contributed by atoms with Gasteiger partial charge in [0.2, 0.25) is 15.9 Å². The van der Waals surface area contributed by atoms with E-state index in [1.54, 1.807) is 37.3 Å². The van der Waals surface area contributed by atoms with Gasteiger partial charge < -0.3 is 14.5 Å². The molecule has 8 nitrogen and oxygen atoms in total. The Balaban J connectivity index is 1.65. The molecular weight excluding hydrogens is 464 g/mol. The third-order valence-electron chi connectivity index (χ3n) is 4.74. The van der Waals surface area contributed by atoms with Gasteiger partial charge in [0.1, 0.15) is 10.8 Å². The first-order chi connectivity index (χ1) is 15.7. The third-order valence-corrected chi connectivity index (χ3v) is 7.28. The van der Waals surface area contributed by atoms with Gasteiger partial charge in [0.15, 0.2) is 0 Å². The zero-order chi connectivity index (χ0) is 24.0. The van der Waals surface area contributed by atoms with Gasteiger partial charge in [0, 0.05) is 11.0 Å². The molecule has 1 aromatic carbocycles. The summed E-state index contributed by atoms with van der Waals surface area (Å²) >= 11 is 1.31. The van der Waals surface area contributed by atoms with Crippen molar-refractivity contribution in [2.75, 3.05) is 11.9 Å². The summed E-state index contributed by atoms with van der Waals surface area (Å²) < 4.78 is 37.5. The van der Waals surface area contributed by atoms with Crippen LogP contribution in [0.5, 0.6) is 0 Å². The zero-order valence-corrected chi connectivity index (χ0v) is 20.0. The van der Waals surface area contributed by atoms with E-state index in [-0.39, 0.29) is 18.0 Å². The summed E-state index contributed by atoms with van der Waals surface area (Å²) in [7, 11) is -3.70. The Morgan fingerprint density at radius 1 is 1.15 bits per heavy atom. The van der Waals surface area contributed by atoms with Crippen molar-refractivity contribution in [1.82, 2.24) is 4.72 Å². The molecule has 0 aliphatic carbocycles. The molecule has 0 aliphatic rings. The van der Waals surface area contributed by atoms with Gasteiger partial charge in [0.25, 0.3) is 0 Å². The minimum Gasteiger partial charge on any atom is -0.468 e. The number of aryl methyl sites for hydroxylation is 1. The second-order valence-electron chi connectivity index (χ2n) is 7.00. The van der Waals surface area contributed by atoms with Gasteiger partial charge in [-0.05, 0) is 62.2 Å². The Kier molecular flexibility index (Phi) is 7.85. The fraction of sp³-hybridized carbons (Fsp3) is 0.217. The summed E-state index contributed by atoms with van der Waals surface area (Å²) in [5, 5.41) is 3.16. The number of anilines is 1. The lowest BCUT2D eigenvalue weighted by Gasteiger charge is -2.06. The van der Waals surface area contributed by atoms with Crippen molar-refractivity contribution < 1.29 is 27.2 Å². The molecule has 2 N–H and O–H groups in total. The van der Waals surface area contributed by atoms with Crippen molar-refractivity contribution in [2.24, 2.45) is 0 Å². The first-order valence-electron chi connectivity index (χ1n) is 10.1. The normalized spacial score (nSPS) is 11.6. The molecule has 3 aromatic rings. The SMILES string of the molecule is CCOC(=O)c1c(NC(=O)/C=C/c2ccc(S(=O)(=O)NCc3ccco3)cc2)sc(C)c1C. The summed E-state index contributed by atoms with van der Waals surface area (Å²) in [6.07, 6.45) is 4.34. The Morgan fingerprint density at radius 2 is 1.88 bits per heavy atom. The molecule has 0 radical (unpaired) electrons. The molecule has 174 valence electrons. The van der Waals surface area contributed by atoms with E-state index in [2.05, 4.69) is 10.0 Å². The number of carbonyl (C=O) groups excluding carboxylic acids is 2. The topological polar surface area (TPSA) is 115 Å². The Labute approximate surface area is 196 Å². The number of sulfonamides is 1. The van der Waals surface area contributed by atoms with Gasteiger partial charge in [0.05, 0.1) is 29.9 Å². The minimum atomic E-state index is -3.70. The predicted octanol–water partition coefficient (Wildman–Crippen LogP) is 4.27. The highest BCUT2D eigenvalue weighted by atomic mass is 32.2. The van der Waals surface area contributed by atoms with Crippen LogP contribution in [0, 0.1) is 13.8 Å². The lowest BCUT2D eigenvalue weighted by atomic mass is 10.1. The quantitative estimate of drug-likeness (QED) is 0.343. The third kappa shape index (κ3) is 6.19. The first kappa shape index (κ1) is 24.4. The molecule has 0 spiro atoms. The number of thiophene rings is 1. The van der Waals surface area contributed by atoms with Crippen molar-refractivity contribution in [3.05, 3.63) is 76.1 Å². The zero-order valence-electron chi connectivity index (χ0n) is 18.4.